The summed E-state index contributed by atoms with van der Waals surface area (Å²) in [6.45, 7) is 3.85. The highest BCUT2D eigenvalue weighted by atomic mass is 19.4. The number of halogens is 3. The van der Waals surface area contributed by atoms with Crippen molar-refractivity contribution in [1.29, 1.82) is 0 Å². The number of aryl methyl sites for hydroxylation is 2. The summed E-state index contributed by atoms with van der Waals surface area (Å²) in [5, 5.41) is 1.11. The standard InChI is InChI=1S/C13H14F3N3O/c1-7-5-8(2)19-12(20)11(7)9-6-10(13(14,15)16)18-4-3-17-9/h5-6,18H,3-4H2,1-2H3,(H,19,20)/p+1. The summed E-state index contributed by atoms with van der Waals surface area (Å²) in [6.07, 6.45) is -3.49. The number of quaternary nitrogens is 1. The van der Waals surface area contributed by atoms with Gasteiger partial charge in [0.05, 0.1) is 17.8 Å². The summed E-state index contributed by atoms with van der Waals surface area (Å²) < 4.78 is 38.5. The Labute approximate surface area is 113 Å². The SMILES string of the molecule is Cc1cc(C)c(C2=NCC[NH2+]C(C(F)(F)F)=C2)c(=O)[nH]1. The fourth-order valence-corrected chi connectivity index (χ4v) is 2.18. The molecule has 0 radical (unpaired) electrons. The molecule has 0 bridgehead atoms. The lowest BCUT2D eigenvalue weighted by molar-refractivity contribution is -0.622. The number of pyridine rings is 1. The number of aromatic nitrogens is 1. The van der Waals surface area contributed by atoms with Crippen LogP contribution in [0.3, 0.4) is 0 Å². The zero-order valence-electron chi connectivity index (χ0n) is 11.1. The van der Waals surface area contributed by atoms with Gasteiger partial charge < -0.3 is 10.3 Å². The minimum Gasteiger partial charge on any atom is -0.326 e. The van der Waals surface area contributed by atoms with E-state index in [4.69, 9.17) is 0 Å². The molecule has 20 heavy (non-hydrogen) atoms. The summed E-state index contributed by atoms with van der Waals surface area (Å²) >= 11 is 0. The molecule has 0 aromatic carbocycles. The molecule has 0 saturated heterocycles. The van der Waals surface area contributed by atoms with Crippen molar-refractivity contribution in [3.63, 3.8) is 0 Å². The molecule has 3 N–H and O–H groups in total. The lowest BCUT2D eigenvalue weighted by atomic mass is 10.0. The summed E-state index contributed by atoms with van der Waals surface area (Å²) in [5.74, 6) is 0. The van der Waals surface area contributed by atoms with E-state index in [9.17, 15) is 18.0 Å². The van der Waals surface area contributed by atoms with Crippen molar-refractivity contribution in [2.45, 2.75) is 20.0 Å². The number of nitrogens with two attached hydrogens (primary N) is 1. The van der Waals surface area contributed by atoms with Crippen molar-refractivity contribution in [3.8, 4) is 0 Å². The second-order valence-electron chi connectivity index (χ2n) is 4.70. The van der Waals surface area contributed by atoms with Gasteiger partial charge in [-0.3, -0.25) is 9.79 Å². The van der Waals surface area contributed by atoms with E-state index in [1.807, 2.05) is 0 Å². The van der Waals surface area contributed by atoms with E-state index in [2.05, 4.69) is 9.98 Å². The Balaban J connectivity index is 2.56. The molecule has 1 aromatic heterocycles. The first-order valence-corrected chi connectivity index (χ1v) is 6.16. The number of hydrogen-bond acceptors (Lipinski definition) is 2. The normalized spacial score (nSPS) is 16.4. The van der Waals surface area contributed by atoms with Crippen LogP contribution in [-0.2, 0) is 0 Å². The van der Waals surface area contributed by atoms with Crippen molar-refractivity contribution < 1.29 is 18.5 Å². The number of nitrogens with one attached hydrogen (secondary N) is 1. The summed E-state index contributed by atoms with van der Waals surface area (Å²) in [5.41, 5.74) is 0.397. The number of alkyl halides is 3. The molecule has 108 valence electrons. The molecule has 1 aliphatic rings. The molecular weight excluding hydrogens is 271 g/mol. The first kappa shape index (κ1) is 14.5. The van der Waals surface area contributed by atoms with Gasteiger partial charge in [-0.15, -0.1) is 0 Å². The van der Waals surface area contributed by atoms with E-state index < -0.39 is 17.4 Å². The molecule has 0 fully saturated rings. The van der Waals surface area contributed by atoms with E-state index in [-0.39, 0.29) is 24.4 Å². The fourth-order valence-electron chi connectivity index (χ4n) is 2.18. The molecule has 0 unspecified atom stereocenters. The van der Waals surface area contributed by atoms with Crippen LogP contribution in [0.4, 0.5) is 13.2 Å². The molecule has 4 nitrogen and oxygen atoms in total. The third-order valence-electron chi connectivity index (χ3n) is 3.02. The second-order valence-corrected chi connectivity index (χ2v) is 4.70. The average molecular weight is 286 g/mol. The monoisotopic (exact) mass is 286 g/mol. The largest absolute Gasteiger partial charge is 0.466 e. The van der Waals surface area contributed by atoms with Crippen molar-refractivity contribution in [2.24, 2.45) is 4.99 Å². The maximum absolute atomic E-state index is 12.8. The van der Waals surface area contributed by atoms with E-state index in [1.54, 1.807) is 19.9 Å². The maximum atomic E-state index is 12.8. The van der Waals surface area contributed by atoms with Crippen molar-refractivity contribution in [2.75, 3.05) is 13.1 Å². The number of nitrogens with zero attached hydrogens (tertiary/aromatic N) is 1. The van der Waals surface area contributed by atoms with Crippen molar-refractivity contribution in [3.05, 3.63) is 45.0 Å². The number of rotatable bonds is 1. The second kappa shape index (κ2) is 5.24. The highest BCUT2D eigenvalue weighted by Gasteiger charge is 2.39. The van der Waals surface area contributed by atoms with Gasteiger partial charge in [-0.25, -0.2) is 0 Å². The van der Waals surface area contributed by atoms with Crippen LogP contribution in [0.2, 0.25) is 0 Å². The smallest absolute Gasteiger partial charge is 0.326 e. The molecule has 2 heterocycles. The molecule has 0 aliphatic carbocycles. The maximum Gasteiger partial charge on any atom is 0.466 e. The Hall–Kier alpha value is -1.89. The summed E-state index contributed by atoms with van der Waals surface area (Å²) in [4.78, 5) is 18.7. The van der Waals surface area contributed by atoms with Crippen LogP contribution in [0.5, 0.6) is 0 Å². The van der Waals surface area contributed by atoms with Crippen LogP contribution < -0.4 is 10.9 Å². The van der Waals surface area contributed by atoms with Gasteiger partial charge in [-0.2, -0.15) is 13.2 Å². The van der Waals surface area contributed by atoms with Gasteiger partial charge >= 0.3 is 6.18 Å². The summed E-state index contributed by atoms with van der Waals surface area (Å²) in [7, 11) is 0. The molecule has 0 amide bonds. The minimum atomic E-state index is -4.43. The number of aromatic amines is 1. The van der Waals surface area contributed by atoms with E-state index >= 15 is 0 Å². The Kier molecular flexibility index (Phi) is 3.80. The molecule has 1 aromatic rings. The molecule has 0 atom stereocenters. The predicted octanol–water partition coefficient (Wildman–Crippen LogP) is 0.804. The van der Waals surface area contributed by atoms with Gasteiger partial charge in [-0.05, 0) is 25.5 Å². The van der Waals surface area contributed by atoms with Gasteiger partial charge in [0, 0.05) is 11.8 Å². The van der Waals surface area contributed by atoms with Crippen LogP contribution >= 0.6 is 0 Å². The van der Waals surface area contributed by atoms with Crippen LogP contribution in [0, 0.1) is 13.8 Å². The molecule has 7 heteroatoms. The van der Waals surface area contributed by atoms with Gasteiger partial charge in [0.15, 0.2) is 0 Å². The molecular formula is C13H15F3N3O+. The number of H-pyrrole nitrogens is 1. The Morgan fingerprint density at radius 3 is 2.65 bits per heavy atom. The first-order chi connectivity index (χ1) is 9.29. The molecule has 0 saturated carbocycles. The Morgan fingerprint density at radius 1 is 1.35 bits per heavy atom. The predicted molar refractivity (Wildman–Crippen MR) is 68.9 cm³/mol. The van der Waals surface area contributed by atoms with Gasteiger partial charge in [0.2, 0.25) is 5.70 Å². The lowest BCUT2D eigenvalue weighted by Gasteiger charge is -2.08. The highest BCUT2D eigenvalue weighted by Crippen LogP contribution is 2.22. The van der Waals surface area contributed by atoms with Crippen LogP contribution in [0.15, 0.2) is 27.6 Å². The first-order valence-electron chi connectivity index (χ1n) is 6.16. The summed E-state index contributed by atoms with van der Waals surface area (Å²) in [6, 6.07) is 1.72. The number of aliphatic imine (C=N–C) groups is 1. The van der Waals surface area contributed by atoms with Gasteiger partial charge in [-0.1, -0.05) is 0 Å². The van der Waals surface area contributed by atoms with Crippen molar-refractivity contribution in [1.82, 2.24) is 4.98 Å². The fraction of sp³-hybridized carbons (Fsp3) is 0.385. The topological polar surface area (TPSA) is 61.8 Å². The minimum absolute atomic E-state index is 0.0878. The van der Waals surface area contributed by atoms with Crippen LogP contribution in [0.25, 0.3) is 0 Å². The third-order valence-corrected chi connectivity index (χ3v) is 3.02. The van der Waals surface area contributed by atoms with E-state index in [1.165, 1.54) is 0 Å². The van der Waals surface area contributed by atoms with E-state index in [0.717, 1.165) is 11.4 Å². The zero-order chi connectivity index (χ0) is 14.9. The number of hydrogen-bond donors (Lipinski definition) is 2. The van der Waals surface area contributed by atoms with Crippen molar-refractivity contribution >= 4 is 5.71 Å². The lowest BCUT2D eigenvalue weighted by Crippen LogP contribution is -2.85. The number of allylic oxidation sites excluding steroid dienone is 2. The molecule has 1 aliphatic heterocycles. The quantitative estimate of drug-likeness (QED) is 0.788. The van der Waals surface area contributed by atoms with Gasteiger partial charge in [0.1, 0.15) is 6.54 Å². The van der Waals surface area contributed by atoms with Gasteiger partial charge in [0.25, 0.3) is 5.56 Å². The third kappa shape index (κ3) is 2.98. The molecule has 2 rings (SSSR count). The average Bonchev–Trinajstić information content (AvgIpc) is 2.52. The Morgan fingerprint density at radius 2 is 2.05 bits per heavy atom. The Bertz CT molecular complexity index is 641. The highest BCUT2D eigenvalue weighted by molar-refractivity contribution is 6.09. The zero-order valence-corrected chi connectivity index (χ0v) is 11.1. The van der Waals surface area contributed by atoms with Crippen LogP contribution in [-0.4, -0.2) is 30.0 Å². The molecule has 0 spiro atoms. The van der Waals surface area contributed by atoms with Crippen LogP contribution in [0.1, 0.15) is 16.8 Å². The van der Waals surface area contributed by atoms with E-state index in [0.29, 0.717) is 11.3 Å².